The largest absolute Gasteiger partial charge is 0.394 e. The number of thioether (sulfide) groups is 1. The van der Waals surface area contributed by atoms with E-state index < -0.39 is 28.7 Å². The molecule has 7 nitrogen and oxygen atoms in total. The number of carbonyl (C=O) groups excluding carboxylic acids is 3. The summed E-state index contributed by atoms with van der Waals surface area (Å²) in [5.41, 5.74) is 0.992. The summed E-state index contributed by atoms with van der Waals surface area (Å²) in [6, 6.07) is 8.48. The van der Waals surface area contributed by atoms with Gasteiger partial charge in [0.1, 0.15) is 6.04 Å². The first-order chi connectivity index (χ1) is 18.8. The summed E-state index contributed by atoms with van der Waals surface area (Å²) in [5.74, 6) is -1.38. The van der Waals surface area contributed by atoms with E-state index in [0.29, 0.717) is 32.5 Å². The topological polar surface area (TPSA) is 81.2 Å². The number of likely N-dealkylation sites (tertiary alicyclic amines) is 1. The van der Waals surface area contributed by atoms with E-state index >= 15 is 0 Å². The number of amides is 3. The number of aliphatic hydroxyl groups is 1. The molecule has 1 spiro atoms. The predicted molar refractivity (Wildman–Crippen MR) is 156 cm³/mol. The average Bonchev–Trinajstić information content (AvgIpc) is 3.58. The van der Waals surface area contributed by atoms with Crippen LogP contribution in [-0.2, 0) is 20.8 Å². The van der Waals surface area contributed by atoms with E-state index in [-0.39, 0.29) is 29.6 Å². The maximum Gasteiger partial charge on any atom is 0.247 e. The van der Waals surface area contributed by atoms with Crippen molar-refractivity contribution in [1.29, 1.82) is 0 Å². The van der Waals surface area contributed by atoms with Crippen molar-refractivity contribution in [2.75, 3.05) is 33.3 Å². The van der Waals surface area contributed by atoms with Crippen molar-refractivity contribution in [3.8, 4) is 0 Å². The molecular weight excluding hydrogens is 510 g/mol. The molecule has 39 heavy (non-hydrogen) atoms. The number of nitrogens with zero attached hydrogens (tertiary/aromatic N) is 3. The molecule has 3 aliphatic rings. The summed E-state index contributed by atoms with van der Waals surface area (Å²) < 4.78 is -0.678. The van der Waals surface area contributed by atoms with Crippen molar-refractivity contribution in [2.45, 2.75) is 67.5 Å². The number of aliphatic hydroxyl groups excluding tert-OH is 1. The Morgan fingerprint density at radius 1 is 1.18 bits per heavy atom. The molecule has 4 rings (SSSR count). The van der Waals surface area contributed by atoms with E-state index in [1.807, 2.05) is 35.2 Å². The third-order valence-electron chi connectivity index (χ3n) is 8.65. The van der Waals surface area contributed by atoms with Gasteiger partial charge in [0.2, 0.25) is 17.7 Å². The second-order valence-corrected chi connectivity index (χ2v) is 12.7. The fourth-order valence-corrected chi connectivity index (χ4v) is 9.09. The minimum Gasteiger partial charge on any atom is -0.394 e. The molecule has 2 unspecified atom stereocenters. The number of fused-ring (bicyclic) bond motifs is 1. The van der Waals surface area contributed by atoms with Gasteiger partial charge in [-0.15, -0.1) is 24.9 Å². The molecule has 3 saturated heterocycles. The van der Waals surface area contributed by atoms with Crippen LogP contribution in [0.15, 0.2) is 55.6 Å². The monoisotopic (exact) mass is 553 g/mol. The Kier molecular flexibility index (Phi) is 9.60. The van der Waals surface area contributed by atoms with Gasteiger partial charge in [0.25, 0.3) is 0 Å². The third-order valence-corrected chi connectivity index (χ3v) is 10.6. The lowest BCUT2D eigenvalue weighted by Gasteiger charge is -2.39. The molecule has 1 aromatic carbocycles. The highest BCUT2D eigenvalue weighted by Gasteiger charge is 2.74. The number of carbonyl (C=O) groups is 3. The Labute approximate surface area is 237 Å². The standard InChI is InChI=1S/C31H43N3O4S/c1-5-8-12-19-33(18-7-3)30(38)27-31-16-15-24(39-31)25(28(36)32(4)17-6-2)26(31)29(37)34(27)23(21-35)20-22-13-10-9-11-14-22/h6-7,9-11,13-14,23-27,35H,2-3,5,8,12,15-21H2,1,4H3/t23-,24-,25+,26+,27?,31?/m1/s1. The fourth-order valence-electron chi connectivity index (χ4n) is 6.89. The van der Waals surface area contributed by atoms with Crippen LogP contribution in [0.1, 0.15) is 44.6 Å². The fraction of sp³-hybridized carbons (Fsp3) is 0.581. The lowest BCUT2D eigenvalue weighted by Crippen LogP contribution is -2.58. The zero-order chi connectivity index (χ0) is 28.2. The highest BCUT2D eigenvalue weighted by atomic mass is 32.2. The molecule has 0 saturated carbocycles. The van der Waals surface area contributed by atoms with Crippen molar-refractivity contribution in [1.82, 2.24) is 14.7 Å². The van der Waals surface area contributed by atoms with Crippen LogP contribution in [0.5, 0.6) is 0 Å². The van der Waals surface area contributed by atoms with E-state index in [9.17, 15) is 19.5 Å². The van der Waals surface area contributed by atoms with E-state index in [2.05, 4.69) is 20.1 Å². The molecule has 0 radical (unpaired) electrons. The van der Waals surface area contributed by atoms with Gasteiger partial charge < -0.3 is 19.8 Å². The van der Waals surface area contributed by atoms with Gasteiger partial charge in [-0.2, -0.15) is 0 Å². The normalized spacial score (nSPS) is 27.8. The molecule has 2 bridgehead atoms. The first-order valence-corrected chi connectivity index (χ1v) is 15.1. The van der Waals surface area contributed by atoms with Gasteiger partial charge >= 0.3 is 0 Å². The van der Waals surface area contributed by atoms with Gasteiger partial charge in [0.05, 0.1) is 29.2 Å². The van der Waals surface area contributed by atoms with Crippen molar-refractivity contribution in [3.05, 3.63) is 61.2 Å². The smallest absolute Gasteiger partial charge is 0.247 e. The summed E-state index contributed by atoms with van der Waals surface area (Å²) in [5, 5.41) is 10.6. The number of benzene rings is 1. The molecule has 8 heteroatoms. The van der Waals surface area contributed by atoms with Crippen molar-refractivity contribution < 1.29 is 19.5 Å². The summed E-state index contributed by atoms with van der Waals surface area (Å²) in [4.78, 5) is 47.7. The second kappa shape index (κ2) is 12.7. The minimum atomic E-state index is -0.727. The highest BCUT2D eigenvalue weighted by Crippen LogP contribution is 2.67. The molecular formula is C31H43N3O4S. The maximum absolute atomic E-state index is 14.5. The van der Waals surface area contributed by atoms with Crippen molar-refractivity contribution >= 4 is 29.5 Å². The lowest BCUT2D eigenvalue weighted by atomic mass is 9.70. The predicted octanol–water partition coefficient (Wildman–Crippen LogP) is 3.53. The van der Waals surface area contributed by atoms with Crippen molar-refractivity contribution in [3.63, 3.8) is 0 Å². The number of likely N-dealkylation sites (N-methyl/N-ethyl adjacent to an activating group) is 1. The van der Waals surface area contributed by atoms with Crippen LogP contribution >= 0.6 is 11.8 Å². The van der Waals surface area contributed by atoms with Crippen molar-refractivity contribution in [2.24, 2.45) is 11.8 Å². The SMILES string of the molecule is C=CCN(C)C(=O)[C@@H]1[C@H]2C(=O)N([C@@H](CO)Cc3ccccc3)C(C(=O)N(CC=C)CCCCC)C23CC[C@H]1S3. The number of hydrogen-bond acceptors (Lipinski definition) is 5. The second-order valence-electron chi connectivity index (χ2n) is 11.1. The lowest BCUT2D eigenvalue weighted by molar-refractivity contribution is -0.146. The quantitative estimate of drug-likeness (QED) is 0.282. The molecule has 1 aromatic rings. The average molecular weight is 554 g/mol. The van der Waals surface area contributed by atoms with Crippen LogP contribution < -0.4 is 0 Å². The Morgan fingerprint density at radius 3 is 2.54 bits per heavy atom. The molecule has 212 valence electrons. The molecule has 0 aliphatic carbocycles. The Balaban J connectivity index is 1.76. The minimum absolute atomic E-state index is 0.00538. The van der Waals surface area contributed by atoms with Gasteiger partial charge in [0.15, 0.2) is 0 Å². The number of hydrogen-bond donors (Lipinski definition) is 1. The molecule has 3 aliphatic heterocycles. The highest BCUT2D eigenvalue weighted by molar-refractivity contribution is 8.02. The molecule has 6 atom stereocenters. The summed E-state index contributed by atoms with van der Waals surface area (Å²) in [6.07, 6.45) is 8.31. The van der Waals surface area contributed by atoms with E-state index in [1.54, 1.807) is 40.8 Å². The summed E-state index contributed by atoms with van der Waals surface area (Å²) in [7, 11) is 1.75. The van der Waals surface area contributed by atoms with Crippen LogP contribution in [-0.4, -0.2) is 92.9 Å². The number of rotatable bonds is 14. The summed E-state index contributed by atoms with van der Waals surface area (Å²) >= 11 is 1.67. The van der Waals surface area contributed by atoms with Crippen LogP contribution in [0.25, 0.3) is 0 Å². The van der Waals surface area contributed by atoms with E-state index in [4.69, 9.17) is 0 Å². The first-order valence-electron chi connectivity index (χ1n) is 14.2. The van der Waals surface area contributed by atoms with Gasteiger partial charge in [0, 0.05) is 31.9 Å². The zero-order valence-electron chi connectivity index (χ0n) is 23.3. The molecule has 3 fully saturated rings. The first kappa shape index (κ1) is 29.4. The molecule has 3 heterocycles. The summed E-state index contributed by atoms with van der Waals surface area (Å²) in [6.45, 7) is 10.9. The van der Waals surface area contributed by atoms with Crippen LogP contribution in [0.2, 0.25) is 0 Å². The van der Waals surface area contributed by atoms with Gasteiger partial charge in [-0.25, -0.2) is 0 Å². The van der Waals surface area contributed by atoms with Gasteiger partial charge in [-0.1, -0.05) is 62.2 Å². The Hall–Kier alpha value is -2.58. The van der Waals surface area contributed by atoms with Crippen LogP contribution in [0, 0.1) is 11.8 Å². The zero-order valence-corrected chi connectivity index (χ0v) is 24.2. The van der Waals surface area contributed by atoms with E-state index in [1.165, 1.54) is 0 Å². The third kappa shape index (κ3) is 5.42. The Morgan fingerprint density at radius 2 is 1.90 bits per heavy atom. The molecule has 1 N–H and O–H groups in total. The molecule has 3 amide bonds. The van der Waals surface area contributed by atoms with Crippen LogP contribution in [0.4, 0.5) is 0 Å². The maximum atomic E-state index is 14.5. The van der Waals surface area contributed by atoms with E-state index in [0.717, 1.165) is 31.2 Å². The number of unbranched alkanes of at least 4 members (excludes halogenated alkanes) is 2. The Bertz CT molecular complexity index is 1070. The molecule has 0 aromatic heterocycles. The van der Waals surface area contributed by atoms with Crippen LogP contribution in [0.3, 0.4) is 0 Å². The van der Waals surface area contributed by atoms with Gasteiger partial charge in [-0.3, -0.25) is 14.4 Å². The van der Waals surface area contributed by atoms with Gasteiger partial charge in [-0.05, 0) is 31.2 Å².